The van der Waals surface area contributed by atoms with Gasteiger partial charge in [-0.1, -0.05) is 0 Å². The third kappa shape index (κ3) is 4.04. The molecule has 1 aliphatic heterocycles. The maximum Gasteiger partial charge on any atom is 0.260 e. The predicted molar refractivity (Wildman–Crippen MR) is 100 cm³/mol. The van der Waals surface area contributed by atoms with Gasteiger partial charge in [-0.2, -0.15) is 0 Å². The highest BCUT2D eigenvalue weighted by molar-refractivity contribution is 5.93. The van der Waals surface area contributed by atoms with Crippen LogP contribution < -0.4 is 5.56 Å². The van der Waals surface area contributed by atoms with Crippen molar-refractivity contribution in [2.24, 2.45) is 0 Å². The van der Waals surface area contributed by atoms with E-state index in [0.29, 0.717) is 13.1 Å². The molecule has 3 rings (SSSR count). The molecule has 2 aromatic rings. The van der Waals surface area contributed by atoms with Crippen molar-refractivity contribution in [3.05, 3.63) is 52.0 Å². The van der Waals surface area contributed by atoms with Gasteiger partial charge in [0.05, 0.1) is 0 Å². The van der Waals surface area contributed by atoms with E-state index in [1.807, 2.05) is 12.4 Å². The molecule has 0 aromatic carbocycles. The molecular weight excluding hydrogens is 330 g/mol. The molecule has 26 heavy (non-hydrogen) atoms. The van der Waals surface area contributed by atoms with Crippen LogP contribution in [-0.2, 0) is 6.54 Å². The third-order valence-corrected chi connectivity index (χ3v) is 4.90. The summed E-state index contributed by atoms with van der Waals surface area (Å²) in [6.07, 6.45) is 5.76. The molecule has 1 saturated heterocycles. The fourth-order valence-electron chi connectivity index (χ4n) is 3.46. The van der Waals surface area contributed by atoms with E-state index in [9.17, 15) is 9.59 Å². The second kappa shape index (κ2) is 7.86. The van der Waals surface area contributed by atoms with Gasteiger partial charge in [-0.25, -0.2) is 4.98 Å². The van der Waals surface area contributed by atoms with Gasteiger partial charge < -0.3 is 19.4 Å². The Bertz CT molecular complexity index is 823. The fourth-order valence-corrected chi connectivity index (χ4v) is 3.46. The van der Waals surface area contributed by atoms with Gasteiger partial charge in [0, 0.05) is 50.2 Å². The molecule has 1 amide bonds. The largest absolute Gasteiger partial charge is 0.338 e. The molecule has 140 valence electrons. The zero-order chi connectivity index (χ0) is 18.7. The van der Waals surface area contributed by atoms with Crippen LogP contribution in [0, 0.1) is 6.92 Å². The summed E-state index contributed by atoms with van der Waals surface area (Å²) in [5.74, 6) is 1.04. The fraction of sp³-hybridized carbons (Fsp3) is 0.526. The summed E-state index contributed by atoms with van der Waals surface area (Å²) in [7, 11) is 4.10. The topological polar surface area (TPSA) is 74.2 Å². The number of nitrogens with one attached hydrogen (secondary N) is 1. The molecule has 0 spiro atoms. The van der Waals surface area contributed by atoms with E-state index in [4.69, 9.17) is 0 Å². The molecule has 1 N–H and O–H groups in total. The number of pyridine rings is 1. The van der Waals surface area contributed by atoms with E-state index in [0.717, 1.165) is 37.4 Å². The van der Waals surface area contributed by atoms with E-state index >= 15 is 0 Å². The summed E-state index contributed by atoms with van der Waals surface area (Å²) in [4.78, 5) is 36.1. The number of aromatic nitrogens is 3. The standard InChI is InChI=1S/C19H27N5O2/c1-14-6-7-16(18(25)21-14)19(26)24-9-4-5-15(13-24)17-20-8-10-23(17)12-11-22(2)3/h6-8,10,15H,4-5,9,11-13H2,1-3H3,(H,21,25)/t15-/m0/s1. The Morgan fingerprint density at radius 2 is 2.19 bits per heavy atom. The average molecular weight is 357 g/mol. The van der Waals surface area contributed by atoms with Crippen molar-refractivity contribution in [1.82, 2.24) is 24.3 Å². The van der Waals surface area contributed by atoms with Crippen LogP contribution in [0.5, 0.6) is 0 Å². The summed E-state index contributed by atoms with van der Waals surface area (Å²) in [6, 6.07) is 3.39. The molecule has 7 heteroatoms. The molecule has 0 bridgehead atoms. The predicted octanol–water partition coefficient (Wildman–Crippen LogP) is 1.46. The summed E-state index contributed by atoms with van der Waals surface area (Å²) in [5, 5.41) is 0. The Balaban J connectivity index is 1.74. The van der Waals surface area contributed by atoms with E-state index < -0.39 is 0 Å². The number of imidazole rings is 1. The number of aromatic amines is 1. The zero-order valence-corrected chi connectivity index (χ0v) is 15.7. The first kappa shape index (κ1) is 18.4. The maximum atomic E-state index is 12.8. The maximum absolute atomic E-state index is 12.8. The Morgan fingerprint density at radius 1 is 1.38 bits per heavy atom. The number of H-pyrrole nitrogens is 1. The van der Waals surface area contributed by atoms with Gasteiger partial charge in [0.25, 0.3) is 11.5 Å². The van der Waals surface area contributed by atoms with Crippen molar-refractivity contribution < 1.29 is 4.79 Å². The molecule has 2 aromatic heterocycles. The molecule has 7 nitrogen and oxygen atoms in total. The smallest absolute Gasteiger partial charge is 0.260 e. The van der Waals surface area contributed by atoms with Crippen LogP contribution in [-0.4, -0.2) is 64.0 Å². The molecule has 0 saturated carbocycles. The normalized spacial score (nSPS) is 17.7. The molecule has 0 aliphatic carbocycles. The lowest BCUT2D eigenvalue weighted by atomic mass is 9.96. The summed E-state index contributed by atoms with van der Waals surface area (Å²) < 4.78 is 2.18. The first-order valence-electron chi connectivity index (χ1n) is 9.10. The summed E-state index contributed by atoms with van der Waals surface area (Å²) in [5.41, 5.74) is 0.655. The molecule has 0 radical (unpaired) electrons. The van der Waals surface area contributed by atoms with Gasteiger partial charge in [-0.15, -0.1) is 0 Å². The molecule has 3 heterocycles. The molecule has 0 unspecified atom stereocenters. The average Bonchev–Trinajstić information content (AvgIpc) is 3.08. The number of likely N-dealkylation sites (tertiary alicyclic amines) is 1. The number of piperidine rings is 1. The lowest BCUT2D eigenvalue weighted by Gasteiger charge is -2.32. The number of nitrogens with zero attached hydrogens (tertiary/aromatic N) is 4. The Morgan fingerprint density at radius 3 is 2.92 bits per heavy atom. The number of amides is 1. The number of aryl methyl sites for hydroxylation is 1. The van der Waals surface area contributed by atoms with Crippen LogP contribution >= 0.6 is 0 Å². The Labute approximate surface area is 153 Å². The first-order chi connectivity index (χ1) is 12.5. The van der Waals surface area contributed by atoms with E-state index in [-0.39, 0.29) is 22.9 Å². The van der Waals surface area contributed by atoms with Crippen LogP contribution in [0.2, 0.25) is 0 Å². The van der Waals surface area contributed by atoms with Gasteiger partial charge in [0.1, 0.15) is 11.4 Å². The number of carbonyl (C=O) groups excluding carboxylic acids is 1. The highest BCUT2D eigenvalue weighted by Crippen LogP contribution is 2.26. The first-order valence-corrected chi connectivity index (χ1v) is 9.10. The number of hydrogen-bond acceptors (Lipinski definition) is 4. The summed E-state index contributed by atoms with van der Waals surface area (Å²) >= 11 is 0. The van der Waals surface area contributed by atoms with E-state index in [1.165, 1.54) is 0 Å². The second-order valence-electron chi connectivity index (χ2n) is 7.26. The molecule has 1 fully saturated rings. The van der Waals surface area contributed by atoms with E-state index in [1.54, 1.807) is 24.0 Å². The second-order valence-corrected chi connectivity index (χ2v) is 7.26. The van der Waals surface area contributed by atoms with Gasteiger partial charge in [-0.05, 0) is 46.0 Å². The van der Waals surface area contributed by atoms with Crippen molar-refractivity contribution in [1.29, 1.82) is 0 Å². The minimum Gasteiger partial charge on any atom is -0.338 e. The van der Waals surface area contributed by atoms with Crippen molar-refractivity contribution in [2.45, 2.75) is 32.2 Å². The highest BCUT2D eigenvalue weighted by Gasteiger charge is 2.29. The van der Waals surface area contributed by atoms with E-state index in [2.05, 4.69) is 33.5 Å². The SMILES string of the molecule is Cc1ccc(C(=O)N2CCC[C@H](c3nccn3CCN(C)C)C2)c(=O)[nH]1. The molecule has 1 atom stereocenters. The van der Waals surface area contributed by atoms with Crippen molar-refractivity contribution in [2.75, 3.05) is 33.7 Å². The Hall–Kier alpha value is -2.41. The molecule has 1 aliphatic rings. The van der Waals surface area contributed by atoms with Gasteiger partial charge >= 0.3 is 0 Å². The van der Waals surface area contributed by atoms with Crippen molar-refractivity contribution in [3.63, 3.8) is 0 Å². The Kier molecular flexibility index (Phi) is 5.56. The summed E-state index contributed by atoms with van der Waals surface area (Å²) in [6.45, 7) is 4.91. The third-order valence-electron chi connectivity index (χ3n) is 4.90. The van der Waals surface area contributed by atoms with Gasteiger partial charge in [0.2, 0.25) is 0 Å². The van der Waals surface area contributed by atoms with Gasteiger partial charge in [-0.3, -0.25) is 9.59 Å². The van der Waals surface area contributed by atoms with Crippen molar-refractivity contribution in [3.8, 4) is 0 Å². The quantitative estimate of drug-likeness (QED) is 0.879. The molecular formula is C19H27N5O2. The van der Waals surface area contributed by atoms with Crippen molar-refractivity contribution >= 4 is 5.91 Å². The number of carbonyl (C=O) groups is 1. The monoisotopic (exact) mass is 357 g/mol. The number of rotatable bonds is 5. The van der Waals surface area contributed by atoms with Crippen LogP contribution in [0.4, 0.5) is 0 Å². The zero-order valence-electron chi connectivity index (χ0n) is 15.7. The lowest BCUT2D eigenvalue weighted by molar-refractivity contribution is 0.0701. The number of likely N-dealkylation sites (N-methyl/N-ethyl adjacent to an activating group) is 1. The minimum absolute atomic E-state index is 0.192. The van der Waals surface area contributed by atoms with Gasteiger partial charge in [0.15, 0.2) is 0 Å². The number of hydrogen-bond donors (Lipinski definition) is 1. The van der Waals surface area contributed by atoms with Crippen LogP contribution in [0.25, 0.3) is 0 Å². The minimum atomic E-state index is -0.315. The highest BCUT2D eigenvalue weighted by atomic mass is 16.2. The lowest BCUT2D eigenvalue weighted by Crippen LogP contribution is -2.41. The van der Waals surface area contributed by atoms with Crippen LogP contribution in [0.1, 0.15) is 40.6 Å². The van der Waals surface area contributed by atoms with Crippen LogP contribution in [0.15, 0.2) is 29.3 Å². The van der Waals surface area contributed by atoms with Crippen LogP contribution in [0.3, 0.4) is 0 Å².